The number of halogens is 3. The van der Waals surface area contributed by atoms with Gasteiger partial charge in [0.05, 0.1) is 12.5 Å². The van der Waals surface area contributed by atoms with Crippen LogP contribution in [0.15, 0.2) is 12.5 Å². The molecule has 0 fully saturated rings. The third kappa shape index (κ3) is 5.06. The molecule has 0 atom stereocenters. The number of rotatable bonds is 4. The SMILES string of the molecule is CCCCCc1ncc2[nH]cnc2n1.Cl.Cl.Cl. The summed E-state index contributed by atoms with van der Waals surface area (Å²) in [7, 11) is 0. The molecular weight excluding hydrogens is 282 g/mol. The highest BCUT2D eigenvalue weighted by atomic mass is 35.5. The zero-order valence-corrected chi connectivity index (χ0v) is 12.0. The number of hydrogen-bond acceptors (Lipinski definition) is 3. The molecule has 2 heterocycles. The molecule has 0 spiro atoms. The van der Waals surface area contributed by atoms with Crippen LogP contribution in [0.5, 0.6) is 0 Å². The maximum atomic E-state index is 4.35. The van der Waals surface area contributed by atoms with E-state index in [1.165, 1.54) is 12.8 Å². The van der Waals surface area contributed by atoms with E-state index in [-0.39, 0.29) is 37.2 Å². The van der Waals surface area contributed by atoms with Crippen molar-refractivity contribution in [2.45, 2.75) is 32.6 Å². The van der Waals surface area contributed by atoms with Gasteiger partial charge in [-0.15, -0.1) is 37.2 Å². The number of nitrogens with one attached hydrogen (secondary N) is 1. The van der Waals surface area contributed by atoms with E-state index in [1.54, 1.807) is 12.5 Å². The standard InChI is InChI=1S/C10H14N4.3ClH/c1-2-3-4-5-9-11-6-8-10(14-9)13-7-12-8;;;/h6-7H,2-5H2,1H3,(H,11,12,13,14);3*1H. The van der Waals surface area contributed by atoms with Crippen LogP contribution in [-0.2, 0) is 6.42 Å². The summed E-state index contributed by atoms with van der Waals surface area (Å²) in [5.41, 5.74) is 1.68. The monoisotopic (exact) mass is 298 g/mol. The van der Waals surface area contributed by atoms with Crippen LogP contribution in [0.4, 0.5) is 0 Å². The van der Waals surface area contributed by atoms with Crippen LogP contribution in [0.1, 0.15) is 32.0 Å². The van der Waals surface area contributed by atoms with E-state index in [4.69, 9.17) is 0 Å². The van der Waals surface area contributed by atoms with Crippen molar-refractivity contribution in [3.63, 3.8) is 0 Å². The molecule has 0 aliphatic carbocycles. The largest absolute Gasteiger partial charge is 0.342 e. The number of aromatic amines is 1. The van der Waals surface area contributed by atoms with Gasteiger partial charge in [0.1, 0.15) is 11.3 Å². The first-order valence-electron chi connectivity index (χ1n) is 5.05. The molecule has 0 aliphatic rings. The molecule has 98 valence electrons. The lowest BCUT2D eigenvalue weighted by Gasteiger charge is -1.97. The van der Waals surface area contributed by atoms with Crippen molar-refractivity contribution in [2.24, 2.45) is 0 Å². The molecule has 2 aromatic rings. The molecule has 0 radical (unpaired) electrons. The Labute approximate surface area is 119 Å². The first-order chi connectivity index (χ1) is 6.90. The van der Waals surface area contributed by atoms with Gasteiger partial charge in [0, 0.05) is 6.42 Å². The summed E-state index contributed by atoms with van der Waals surface area (Å²) in [6.45, 7) is 2.19. The van der Waals surface area contributed by atoms with Gasteiger partial charge in [-0.1, -0.05) is 19.8 Å². The summed E-state index contributed by atoms with van der Waals surface area (Å²) in [6.07, 6.45) is 8.03. The molecule has 0 aromatic carbocycles. The topological polar surface area (TPSA) is 54.5 Å². The molecule has 0 saturated carbocycles. The summed E-state index contributed by atoms with van der Waals surface area (Å²) in [5, 5.41) is 0. The lowest BCUT2D eigenvalue weighted by atomic mass is 10.2. The zero-order chi connectivity index (χ0) is 9.80. The Kier molecular flexibility index (Phi) is 10.4. The van der Waals surface area contributed by atoms with Gasteiger partial charge in [0.2, 0.25) is 0 Å². The van der Waals surface area contributed by atoms with E-state index in [0.29, 0.717) is 0 Å². The average Bonchev–Trinajstić information content (AvgIpc) is 2.65. The van der Waals surface area contributed by atoms with Gasteiger partial charge in [0.15, 0.2) is 5.65 Å². The van der Waals surface area contributed by atoms with Gasteiger partial charge < -0.3 is 4.98 Å². The highest BCUT2D eigenvalue weighted by Gasteiger charge is 2.00. The molecule has 4 nitrogen and oxygen atoms in total. The number of aromatic nitrogens is 4. The third-order valence-corrected chi connectivity index (χ3v) is 2.23. The number of H-pyrrole nitrogens is 1. The molecule has 0 bridgehead atoms. The molecule has 0 unspecified atom stereocenters. The quantitative estimate of drug-likeness (QED) is 0.881. The molecular formula is C10H17Cl3N4. The van der Waals surface area contributed by atoms with Crippen LogP contribution in [-0.4, -0.2) is 19.9 Å². The minimum Gasteiger partial charge on any atom is -0.342 e. The zero-order valence-electron chi connectivity index (χ0n) is 9.55. The van der Waals surface area contributed by atoms with E-state index in [9.17, 15) is 0 Å². The summed E-state index contributed by atoms with van der Waals surface area (Å²) in [6, 6.07) is 0. The van der Waals surface area contributed by atoms with Crippen LogP contribution in [0.3, 0.4) is 0 Å². The van der Waals surface area contributed by atoms with Crippen molar-refractivity contribution >= 4 is 48.4 Å². The number of fused-ring (bicyclic) bond motifs is 1. The Morgan fingerprint density at radius 3 is 2.59 bits per heavy atom. The summed E-state index contributed by atoms with van der Waals surface area (Å²) < 4.78 is 0. The number of unbranched alkanes of at least 4 members (excludes halogenated alkanes) is 2. The summed E-state index contributed by atoms with van der Waals surface area (Å²) in [5.74, 6) is 0.901. The second-order valence-corrected chi connectivity index (χ2v) is 3.38. The number of imidazole rings is 1. The van der Waals surface area contributed by atoms with E-state index in [1.807, 2.05) is 0 Å². The van der Waals surface area contributed by atoms with Crippen molar-refractivity contribution in [2.75, 3.05) is 0 Å². The summed E-state index contributed by atoms with van der Waals surface area (Å²) >= 11 is 0. The first kappa shape index (κ1) is 18.8. The smallest absolute Gasteiger partial charge is 0.180 e. The molecule has 1 N–H and O–H groups in total. The Bertz CT molecular complexity index is 419. The lowest BCUT2D eigenvalue weighted by molar-refractivity contribution is 0.695. The van der Waals surface area contributed by atoms with Crippen LogP contribution in [0.2, 0.25) is 0 Å². The van der Waals surface area contributed by atoms with Crippen LogP contribution >= 0.6 is 37.2 Å². The van der Waals surface area contributed by atoms with E-state index in [0.717, 1.165) is 29.8 Å². The predicted molar refractivity (Wildman–Crippen MR) is 76.7 cm³/mol. The van der Waals surface area contributed by atoms with Gasteiger partial charge in [-0.25, -0.2) is 15.0 Å². The lowest BCUT2D eigenvalue weighted by Crippen LogP contribution is -1.94. The molecule has 2 rings (SSSR count). The van der Waals surface area contributed by atoms with Crippen molar-refractivity contribution in [3.05, 3.63) is 18.3 Å². The number of hydrogen-bond donors (Lipinski definition) is 1. The molecule has 2 aromatic heterocycles. The fraction of sp³-hybridized carbons (Fsp3) is 0.500. The maximum absolute atomic E-state index is 4.35. The van der Waals surface area contributed by atoms with E-state index in [2.05, 4.69) is 26.9 Å². The second kappa shape index (κ2) is 9.45. The van der Waals surface area contributed by atoms with Crippen molar-refractivity contribution in [1.82, 2.24) is 19.9 Å². The van der Waals surface area contributed by atoms with Gasteiger partial charge >= 0.3 is 0 Å². The number of aryl methyl sites for hydroxylation is 1. The normalized spacial score (nSPS) is 9.00. The fourth-order valence-corrected chi connectivity index (χ4v) is 1.42. The second-order valence-electron chi connectivity index (χ2n) is 3.38. The molecule has 17 heavy (non-hydrogen) atoms. The molecule has 0 saturated heterocycles. The van der Waals surface area contributed by atoms with Gasteiger partial charge in [-0.2, -0.15) is 0 Å². The molecule has 7 heteroatoms. The highest BCUT2D eigenvalue weighted by Crippen LogP contribution is 2.06. The number of nitrogens with zero attached hydrogens (tertiary/aromatic N) is 3. The van der Waals surface area contributed by atoms with E-state index < -0.39 is 0 Å². The van der Waals surface area contributed by atoms with Crippen molar-refractivity contribution < 1.29 is 0 Å². The third-order valence-electron chi connectivity index (χ3n) is 2.23. The predicted octanol–water partition coefficient (Wildman–Crippen LogP) is 3.35. The summed E-state index contributed by atoms with van der Waals surface area (Å²) in [4.78, 5) is 15.7. The van der Waals surface area contributed by atoms with Crippen LogP contribution in [0.25, 0.3) is 11.2 Å². The minimum atomic E-state index is 0. The van der Waals surface area contributed by atoms with Gasteiger partial charge in [-0.05, 0) is 6.42 Å². The van der Waals surface area contributed by atoms with Gasteiger partial charge in [0.25, 0.3) is 0 Å². The van der Waals surface area contributed by atoms with E-state index >= 15 is 0 Å². The average molecular weight is 300 g/mol. The molecule has 0 amide bonds. The highest BCUT2D eigenvalue weighted by molar-refractivity contribution is 5.86. The van der Waals surface area contributed by atoms with Crippen molar-refractivity contribution in [3.8, 4) is 0 Å². The minimum absolute atomic E-state index is 0. The fourth-order valence-electron chi connectivity index (χ4n) is 1.42. The Hall–Kier alpha value is -0.580. The van der Waals surface area contributed by atoms with Crippen LogP contribution < -0.4 is 0 Å². The Balaban J connectivity index is 0. The maximum Gasteiger partial charge on any atom is 0.180 e. The Morgan fingerprint density at radius 2 is 1.88 bits per heavy atom. The first-order valence-corrected chi connectivity index (χ1v) is 5.05. The molecule has 0 aliphatic heterocycles. The van der Waals surface area contributed by atoms with Crippen LogP contribution in [0, 0.1) is 0 Å². The Morgan fingerprint density at radius 1 is 1.12 bits per heavy atom. The van der Waals surface area contributed by atoms with Crippen molar-refractivity contribution in [1.29, 1.82) is 0 Å². The van der Waals surface area contributed by atoms with Gasteiger partial charge in [-0.3, -0.25) is 0 Å².